The Morgan fingerprint density at radius 3 is 2.50 bits per heavy atom. The molecule has 3 N–H and O–H groups in total. The number of hydrogen-bond acceptors (Lipinski definition) is 5. The van der Waals surface area contributed by atoms with Gasteiger partial charge in [0.2, 0.25) is 0 Å². The van der Waals surface area contributed by atoms with Crippen LogP contribution in [0.4, 0.5) is 5.82 Å². The van der Waals surface area contributed by atoms with Gasteiger partial charge in [0, 0.05) is 18.6 Å². The van der Waals surface area contributed by atoms with Crippen LogP contribution in [-0.4, -0.2) is 45.3 Å². The number of nitrogens with one attached hydrogen (secondary N) is 1. The predicted molar refractivity (Wildman–Crippen MR) is 93.5 cm³/mol. The molecule has 1 aliphatic rings. The summed E-state index contributed by atoms with van der Waals surface area (Å²) in [5, 5.41) is 6.43. The number of hydrogen-bond donors (Lipinski definition) is 2. The third-order valence-electron chi connectivity index (χ3n) is 4.10. The molecule has 3 heterocycles. The van der Waals surface area contributed by atoms with Crippen LogP contribution in [0.5, 0.6) is 5.75 Å². The molecule has 1 atom stereocenters. The van der Waals surface area contributed by atoms with E-state index in [2.05, 4.69) is 10.2 Å². The Morgan fingerprint density at radius 2 is 1.96 bits per heavy atom. The molecule has 2 aromatic rings. The van der Waals surface area contributed by atoms with Gasteiger partial charge in [-0.05, 0) is 20.8 Å². The van der Waals surface area contributed by atoms with Gasteiger partial charge in [-0.1, -0.05) is 13.8 Å². The van der Waals surface area contributed by atoms with Crippen molar-refractivity contribution in [2.45, 2.75) is 46.7 Å². The molecule has 0 fully saturated rings. The molecule has 0 saturated carbocycles. The summed E-state index contributed by atoms with van der Waals surface area (Å²) >= 11 is 0. The van der Waals surface area contributed by atoms with E-state index in [1.54, 1.807) is 9.47 Å². The molecule has 3 rings (SSSR count). The molecule has 8 heteroatoms. The second kappa shape index (κ2) is 6.54. The van der Waals surface area contributed by atoms with Crippen LogP contribution in [-0.2, 0) is 0 Å². The molecule has 0 aliphatic carbocycles. The van der Waals surface area contributed by atoms with E-state index < -0.39 is 5.56 Å². The van der Waals surface area contributed by atoms with Crippen LogP contribution >= 0.6 is 0 Å². The molecule has 132 valence electrons. The maximum absolute atomic E-state index is 12.8. The number of methoxy groups -OCH3 is 1. The van der Waals surface area contributed by atoms with Crippen LogP contribution in [0.3, 0.4) is 0 Å². The van der Waals surface area contributed by atoms with E-state index in [-0.39, 0.29) is 34.9 Å². The Labute approximate surface area is 140 Å². The zero-order valence-corrected chi connectivity index (χ0v) is 15.0. The smallest absolute Gasteiger partial charge is 0.277 e. The van der Waals surface area contributed by atoms with Crippen molar-refractivity contribution in [1.29, 1.82) is 0 Å². The van der Waals surface area contributed by atoms with E-state index >= 15 is 0 Å². The quantitative estimate of drug-likeness (QED) is 0.870. The fraction of sp³-hybridized carbons (Fsp3) is 0.562. The number of nitrogens with zero attached hydrogens (tertiary/aromatic N) is 3. The minimum absolute atomic E-state index is 0.0348. The van der Waals surface area contributed by atoms with E-state index in [1.165, 1.54) is 7.11 Å². The molecule has 1 aliphatic heterocycles. The summed E-state index contributed by atoms with van der Waals surface area (Å²) in [7, 11) is 1.44. The maximum Gasteiger partial charge on any atom is 0.277 e. The maximum atomic E-state index is 12.8. The number of nitrogens with two attached hydrogens (primary N) is 1. The second-order valence-electron chi connectivity index (χ2n) is 5.81. The average molecular weight is 335 g/mol. The molecule has 0 spiro atoms. The summed E-state index contributed by atoms with van der Waals surface area (Å²) in [6.45, 7) is 10.4. The third kappa shape index (κ3) is 2.42. The number of aromatic amines is 1. The van der Waals surface area contributed by atoms with Gasteiger partial charge in [-0.3, -0.25) is 9.59 Å². The molecular formula is C16H25N5O3. The van der Waals surface area contributed by atoms with Gasteiger partial charge in [-0.25, -0.2) is 5.10 Å². The lowest BCUT2D eigenvalue weighted by Crippen LogP contribution is -2.45. The van der Waals surface area contributed by atoms with Crippen molar-refractivity contribution in [3.8, 4) is 5.75 Å². The predicted octanol–water partition coefficient (Wildman–Crippen LogP) is 1.77. The molecule has 0 radical (unpaired) electrons. The minimum Gasteiger partial charge on any atom is -0.493 e. The van der Waals surface area contributed by atoms with Gasteiger partial charge >= 0.3 is 0 Å². The number of carbonyl (C=O) groups excluding carboxylic acids is 1. The van der Waals surface area contributed by atoms with E-state index in [4.69, 9.17) is 10.5 Å². The molecule has 0 saturated heterocycles. The molecule has 0 bridgehead atoms. The largest absolute Gasteiger partial charge is 0.493 e. The highest BCUT2D eigenvalue weighted by molar-refractivity contribution is 6.06. The van der Waals surface area contributed by atoms with Crippen LogP contribution in [0.15, 0.2) is 4.79 Å². The molecular weight excluding hydrogens is 310 g/mol. The highest BCUT2D eigenvalue weighted by Gasteiger charge is 2.37. The molecule has 1 unspecified atom stereocenters. The highest BCUT2D eigenvalue weighted by atomic mass is 16.5. The van der Waals surface area contributed by atoms with Gasteiger partial charge in [0.1, 0.15) is 10.9 Å². The first-order chi connectivity index (χ1) is 11.4. The summed E-state index contributed by atoms with van der Waals surface area (Å²) in [5.74, 6) is 0.268. The molecule has 0 aromatic carbocycles. The van der Waals surface area contributed by atoms with Crippen molar-refractivity contribution >= 4 is 22.6 Å². The Kier molecular flexibility index (Phi) is 4.86. The van der Waals surface area contributed by atoms with Gasteiger partial charge in [0.05, 0.1) is 7.11 Å². The Morgan fingerprint density at radius 1 is 1.33 bits per heavy atom. The van der Waals surface area contributed by atoms with E-state index in [0.717, 1.165) is 0 Å². The summed E-state index contributed by atoms with van der Waals surface area (Å²) in [4.78, 5) is 26.8. The Bertz CT molecular complexity index is 821. The van der Waals surface area contributed by atoms with Crippen molar-refractivity contribution in [1.82, 2.24) is 19.7 Å². The minimum atomic E-state index is -0.418. The highest BCUT2D eigenvalue weighted by Crippen LogP contribution is 2.39. The number of amides is 1. The van der Waals surface area contributed by atoms with Crippen molar-refractivity contribution in [2.24, 2.45) is 0 Å². The van der Waals surface area contributed by atoms with Crippen LogP contribution in [0, 0.1) is 0 Å². The van der Waals surface area contributed by atoms with Crippen molar-refractivity contribution in [3.05, 3.63) is 16.0 Å². The number of H-pyrrole nitrogens is 1. The normalized spacial score (nSPS) is 16.9. The molecule has 8 nitrogen and oxygen atoms in total. The first-order valence-electron chi connectivity index (χ1n) is 8.15. The van der Waals surface area contributed by atoms with E-state index in [9.17, 15) is 9.59 Å². The first-order valence-corrected chi connectivity index (χ1v) is 8.15. The summed E-state index contributed by atoms with van der Waals surface area (Å²) in [5.41, 5.74) is 6.33. The molecule has 24 heavy (non-hydrogen) atoms. The zero-order chi connectivity index (χ0) is 18.2. The van der Waals surface area contributed by atoms with Crippen molar-refractivity contribution < 1.29 is 9.53 Å². The zero-order valence-electron chi connectivity index (χ0n) is 15.0. The van der Waals surface area contributed by atoms with Gasteiger partial charge in [-0.2, -0.15) is 5.10 Å². The number of rotatable bonds is 2. The average Bonchev–Trinajstić information content (AvgIpc) is 2.93. The number of ether oxygens (including phenoxy) is 1. The third-order valence-corrected chi connectivity index (χ3v) is 4.10. The topological polar surface area (TPSA) is 106 Å². The van der Waals surface area contributed by atoms with Crippen LogP contribution in [0.1, 0.15) is 51.1 Å². The van der Waals surface area contributed by atoms with Crippen LogP contribution in [0.25, 0.3) is 10.9 Å². The van der Waals surface area contributed by atoms with E-state index in [1.807, 2.05) is 34.6 Å². The first kappa shape index (κ1) is 17.8. The molecule has 1 amide bonds. The van der Waals surface area contributed by atoms with Crippen LogP contribution < -0.4 is 16.0 Å². The summed E-state index contributed by atoms with van der Waals surface area (Å²) in [6.07, 6.45) is 0. The van der Waals surface area contributed by atoms with Gasteiger partial charge in [0.15, 0.2) is 17.3 Å². The number of fused-ring (bicyclic) bond motifs is 3. The van der Waals surface area contributed by atoms with Crippen molar-refractivity contribution in [2.75, 3.05) is 19.4 Å². The lowest BCUT2D eigenvalue weighted by atomic mass is 10.1. The Hall–Kier alpha value is -2.51. The lowest BCUT2D eigenvalue weighted by molar-refractivity contribution is 0.0615. The Balaban J connectivity index is 0.00000100. The molecule has 2 aromatic heterocycles. The fourth-order valence-electron chi connectivity index (χ4n) is 3.12. The van der Waals surface area contributed by atoms with Gasteiger partial charge in [-0.15, -0.1) is 0 Å². The summed E-state index contributed by atoms with van der Waals surface area (Å²) < 4.78 is 7.15. The number of anilines is 1. The standard InChI is InChI=1S/C14H19N5O3.C2H6/c1-6(2)18-5-7(3)19-9-8(13(20)17-16-12(9)15)11(22-4)10(19)14(18)21;1-2/h6-7H,5H2,1-4H3,(H2,15,16)(H,17,20);1-2H3. The second-order valence-corrected chi connectivity index (χ2v) is 5.81. The lowest BCUT2D eigenvalue weighted by Gasteiger charge is -2.36. The van der Waals surface area contributed by atoms with Gasteiger partial charge in [0.25, 0.3) is 11.5 Å². The monoisotopic (exact) mass is 335 g/mol. The SMILES string of the molecule is CC.COc1c2n(c3c(N)n[nH]c(=O)c13)C(C)CN(C(C)C)C2=O. The number of aromatic nitrogens is 3. The summed E-state index contributed by atoms with van der Waals surface area (Å²) in [6, 6.07) is 0.0209. The fourth-order valence-corrected chi connectivity index (χ4v) is 3.12. The number of carbonyl (C=O) groups is 1. The number of nitrogen functional groups attached to an aromatic ring is 1. The van der Waals surface area contributed by atoms with Crippen LogP contribution in [0.2, 0.25) is 0 Å². The van der Waals surface area contributed by atoms with E-state index in [0.29, 0.717) is 17.8 Å². The van der Waals surface area contributed by atoms with Gasteiger partial charge < -0.3 is 19.9 Å². The van der Waals surface area contributed by atoms with Crippen molar-refractivity contribution in [3.63, 3.8) is 0 Å².